The zero-order valence-corrected chi connectivity index (χ0v) is 10.8. The second kappa shape index (κ2) is 5.49. The molecule has 1 aromatic carbocycles. The molecule has 0 aliphatic rings. The summed E-state index contributed by atoms with van der Waals surface area (Å²) >= 11 is 12.0. The van der Waals surface area contributed by atoms with E-state index in [0.717, 1.165) is 5.56 Å². The van der Waals surface area contributed by atoms with Gasteiger partial charge in [-0.05, 0) is 24.7 Å². The zero-order chi connectivity index (χ0) is 12.3. The SMILES string of the molecule is CNC(Cn1cncn1)c1ccc(Cl)cc1Cl. The van der Waals surface area contributed by atoms with Crippen molar-refractivity contribution in [1.82, 2.24) is 20.1 Å². The van der Waals surface area contributed by atoms with Gasteiger partial charge in [-0.3, -0.25) is 4.68 Å². The number of benzene rings is 1. The van der Waals surface area contributed by atoms with Crippen molar-refractivity contribution in [1.29, 1.82) is 0 Å². The molecule has 0 radical (unpaired) electrons. The summed E-state index contributed by atoms with van der Waals surface area (Å²) in [4.78, 5) is 3.91. The van der Waals surface area contributed by atoms with E-state index in [1.165, 1.54) is 6.33 Å². The van der Waals surface area contributed by atoms with Crippen molar-refractivity contribution >= 4 is 23.2 Å². The molecule has 0 aliphatic carbocycles. The number of likely N-dealkylation sites (N-methyl/N-ethyl adjacent to an activating group) is 1. The Labute approximate surface area is 110 Å². The van der Waals surface area contributed by atoms with Crippen LogP contribution in [-0.4, -0.2) is 21.8 Å². The van der Waals surface area contributed by atoms with E-state index in [1.807, 2.05) is 19.2 Å². The Morgan fingerprint density at radius 3 is 2.82 bits per heavy atom. The quantitative estimate of drug-likeness (QED) is 0.929. The minimum absolute atomic E-state index is 0.0708. The maximum atomic E-state index is 6.17. The van der Waals surface area contributed by atoms with Gasteiger partial charge in [-0.1, -0.05) is 29.3 Å². The molecule has 90 valence electrons. The highest BCUT2D eigenvalue weighted by molar-refractivity contribution is 6.35. The summed E-state index contributed by atoms with van der Waals surface area (Å²) in [5.41, 5.74) is 0.995. The molecule has 0 amide bonds. The largest absolute Gasteiger partial charge is 0.311 e. The van der Waals surface area contributed by atoms with Crippen LogP contribution < -0.4 is 5.32 Å². The molecule has 4 nitrogen and oxygen atoms in total. The number of nitrogens with one attached hydrogen (secondary N) is 1. The molecule has 2 rings (SSSR count). The maximum absolute atomic E-state index is 6.17. The first-order chi connectivity index (χ1) is 8.20. The number of aromatic nitrogens is 3. The molecule has 1 aromatic heterocycles. The first-order valence-corrected chi connectivity index (χ1v) is 5.91. The van der Waals surface area contributed by atoms with E-state index in [9.17, 15) is 0 Å². The average molecular weight is 271 g/mol. The third-order valence-electron chi connectivity index (χ3n) is 2.52. The Morgan fingerprint density at radius 1 is 1.41 bits per heavy atom. The van der Waals surface area contributed by atoms with Gasteiger partial charge in [-0.2, -0.15) is 5.10 Å². The first-order valence-electron chi connectivity index (χ1n) is 5.15. The molecule has 1 unspecified atom stereocenters. The molecule has 0 fully saturated rings. The summed E-state index contributed by atoms with van der Waals surface area (Å²) < 4.78 is 1.76. The van der Waals surface area contributed by atoms with Gasteiger partial charge in [0.15, 0.2) is 0 Å². The lowest BCUT2D eigenvalue weighted by Crippen LogP contribution is -2.22. The van der Waals surface area contributed by atoms with Crippen LogP contribution in [0.4, 0.5) is 0 Å². The Morgan fingerprint density at radius 2 is 2.24 bits per heavy atom. The van der Waals surface area contributed by atoms with Crippen molar-refractivity contribution in [2.45, 2.75) is 12.6 Å². The average Bonchev–Trinajstić information content (AvgIpc) is 2.79. The van der Waals surface area contributed by atoms with E-state index in [-0.39, 0.29) is 6.04 Å². The van der Waals surface area contributed by atoms with Gasteiger partial charge >= 0.3 is 0 Å². The Bertz CT molecular complexity index is 484. The van der Waals surface area contributed by atoms with Crippen molar-refractivity contribution in [3.63, 3.8) is 0 Å². The fraction of sp³-hybridized carbons (Fsp3) is 0.273. The lowest BCUT2D eigenvalue weighted by Gasteiger charge is -2.17. The Balaban J connectivity index is 2.23. The number of hydrogen-bond acceptors (Lipinski definition) is 3. The zero-order valence-electron chi connectivity index (χ0n) is 9.27. The summed E-state index contributed by atoms with van der Waals surface area (Å²) in [5, 5.41) is 8.56. The summed E-state index contributed by atoms with van der Waals surface area (Å²) in [7, 11) is 1.88. The maximum Gasteiger partial charge on any atom is 0.137 e. The topological polar surface area (TPSA) is 42.7 Å². The molecule has 17 heavy (non-hydrogen) atoms. The minimum Gasteiger partial charge on any atom is -0.311 e. The molecular weight excluding hydrogens is 259 g/mol. The smallest absolute Gasteiger partial charge is 0.137 e. The van der Waals surface area contributed by atoms with Crippen LogP contribution >= 0.6 is 23.2 Å². The fourth-order valence-corrected chi connectivity index (χ4v) is 2.18. The number of nitrogens with zero attached hydrogens (tertiary/aromatic N) is 3. The molecule has 0 spiro atoms. The number of halogens is 2. The summed E-state index contributed by atoms with van der Waals surface area (Å²) in [5.74, 6) is 0. The normalized spacial score (nSPS) is 12.6. The number of hydrogen-bond donors (Lipinski definition) is 1. The van der Waals surface area contributed by atoms with Gasteiger partial charge in [-0.25, -0.2) is 4.98 Å². The fourth-order valence-electron chi connectivity index (χ4n) is 1.64. The number of rotatable bonds is 4. The van der Waals surface area contributed by atoms with Crippen LogP contribution in [0, 0.1) is 0 Å². The molecule has 6 heteroatoms. The van der Waals surface area contributed by atoms with Gasteiger partial charge in [-0.15, -0.1) is 0 Å². The van der Waals surface area contributed by atoms with E-state index in [2.05, 4.69) is 15.4 Å². The van der Waals surface area contributed by atoms with E-state index >= 15 is 0 Å². The van der Waals surface area contributed by atoms with Crippen molar-refractivity contribution in [2.24, 2.45) is 0 Å². The molecule has 0 aliphatic heterocycles. The van der Waals surface area contributed by atoms with Gasteiger partial charge in [0, 0.05) is 10.0 Å². The Kier molecular flexibility index (Phi) is 3.99. The molecule has 0 bridgehead atoms. The predicted molar refractivity (Wildman–Crippen MR) is 68.3 cm³/mol. The standard InChI is InChI=1S/C11H12Cl2N4/c1-14-11(5-17-7-15-6-16-17)9-3-2-8(12)4-10(9)13/h2-4,6-7,11,14H,5H2,1H3. The molecule has 1 atom stereocenters. The van der Waals surface area contributed by atoms with Crippen LogP contribution in [0.5, 0.6) is 0 Å². The molecule has 1 heterocycles. The summed E-state index contributed by atoms with van der Waals surface area (Å²) in [6.07, 6.45) is 3.18. The summed E-state index contributed by atoms with van der Waals surface area (Å²) in [6, 6.07) is 5.56. The highest BCUT2D eigenvalue weighted by Gasteiger charge is 2.14. The molecule has 0 saturated carbocycles. The van der Waals surface area contributed by atoms with Gasteiger partial charge < -0.3 is 5.32 Å². The Hall–Kier alpha value is -1.10. The highest BCUT2D eigenvalue weighted by atomic mass is 35.5. The summed E-state index contributed by atoms with van der Waals surface area (Å²) in [6.45, 7) is 0.665. The van der Waals surface area contributed by atoms with Crippen LogP contribution in [0.25, 0.3) is 0 Å². The monoisotopic (exact) mass is 270 g/mol. The van der Waals surface area contributed by atoms with Crippen LogP contribution in [-0.2, 0) is 6.54 Å². The van der Waals surface area contributed by atoms with E-state index in [1.54, 1.807) is 17.1 Å². The van der Waals surface area contributed by atoms with Crippen molar-refractivity contribution in [3.05, 3.63) is 46.5 Å². The third-order valence-corrected chi connectivity index (χ3v) is 3.09. The van der Waals surface area contributed by atoms with Gasteiger partial charge in [0.25, 0.3) is 0 Å². The van der Waals surface area contributed by atoms with Crippen LogP contribution in [0.15, 0.2) is 30.9 Å². The molecule has 1 N–H and O–H groups in total. The van der Waals surface area contributed by atoms with Gasteiger partial charge in [0.2, 0.25) is 0 Å². The molecule has 0 saturated heterocycles. The van der Waals surface area contributed by atoms with E-state index < -0.39 is 0 Å². The lowest BCUT2D eigenvalue weighted by atomic mass is 10.1. The van der Waals surface area contributed by atoms with Crippen LogP contribution in [0.1, 0.15) is 11.6 Å². The van der Waals surface area contributed by atoms with Crippen molar-refractivity contribution < 1.29 is 0 Å². The van der Waals surface area contributed by atoms with Crippen molar-refractivity contribution in [2.75, 3.05) is 7.05 Å². The lowest BCUT2D eigenvalue weighted by molar-refractivity contribution is 0.467. The van der Waals surface area contributed by atoms with Crippen molar-refractivity contribution in [3.8, 4) is 0 Å². The second-order valence-electron chi connectivity index (χ2n) is 3.62. The van der Waals surface area contributed by atoms with E-state index in [4.69, 9.17) is 23.2 Å². The van der Waals surface area contributed by atoms with Gasteiger partial charge in [0.1, 0.15) is 12.7 Å². The first kappa shape index (κ1) is 12.4. The van der Waals surface area contributed by atoms with Crippen LogP contribution in [0.2, 0.25) is 10.0 Å². The predicted octanol–water partition coefficient (Wildman–Crippen LogP) is 2.55. The van der Waals surface area contributed by atoms with Gasteiger partial charge in [0.05, 0.1) is 12.6 Å². The van der Waals surface area contributed by atoms with Crippen LogP contribution in [0.3, 0.4) is 0 Å². The highest BCUT2D eigenvalue weighted by Crippen LogP contribution is 2.26. The molecular formula is C11H12Cl2N4. The second-order valence-corrected chi connectivity index (χ2v) is 4.47. The minimum atomic E-state index is 0.0708. The third kappa shape index (κ3) is 2.97. The molecule has 2 aromatic rings. The van der Waals surface area contributed by atoms with E-state index in [0.29, 0.717) is 16.6 Å².